The van der Waals surface area contributed by atoms with Gasteiger partial charge in [0.2, 0.25) is 0 Å². The number of rotatable bonds is 2. The molecule has 1 unspecified atom stereocenters. The van der Waals surface area contributed by atoms with Gasteiger partial charge in [-0.15, -0.1) is 0 Å². The molecule has 104 valence electrons. The molecule has 0 aliphatic heterocycles. The third-order valence-corrected chi connectivity index (χ3v) is 5.52. The van der Waals surface area contributed by atoms with Crippen molar-refractivity contribution < 1.29 is 9.22 Å². The number of carbonyl (C=O) groups excluding carboxylic acids is 1. The Balaban J connectivity index is 2.21. The van der Waals surface area contributed by atoms with E-state index >= 15 is 0 Å². The standard InChI is InChI=1S/C15H28O2Si/c1-14(2)9-11(16)13-12(17-18(4,5)6)7-8-15(13,3)10-14/h12-13H,7-10H2,1-6H3/t12?,13-,15-/m1/s1. The van der Waals surface area contributed by atoms with Crippen LogP contribution >= 0.6 is 0 Å². The average molecular weight is 268 g/mol. The molecule has 2 saturated carbocycles. The van der Waals surface area contributed by atoms with Crippen molar-refractivity contribution in [3.8, 4) is 0 Å². The summed E-state index contributed by atoms with van der Waals surface area (Å²) in [5.74, 6) is 0.617. The van der Waals surface area contributed by atoms with E-state index in [4.69, 9.17) is 4.43 Å². The van der Waals surface area contributed by atoms with Gasteiger partial charge in [0.05, 0.1) is 6.10 Å². The second-order valence-electron chi connectivity index (χ2n) is 8.42. The summed E-state index contributed by atoms with van der Waals surface area (Å²) < 4.78 is 6.29. The van der Waals surface area contributed by atoms with Gasteiger partial charge >= 0.3 is 0 Å². The summed E-state index contributed by atoms with van der Waals surface area (Å²) in [6.07, 6.45) is 4.33. The minimum Gasteiger partial charge on any atom is -0.414 e. The van der Waals surface area contributed by atoms with Crippen LogP contribution in [0.4, 0.5) is 0 Å². The Hall–Kier alpha value is -0.153. The molecule has 3 heteroatoms. The van der Waals surface area contributed by atoms with Crippen molar-refractivity contribution >= 4 is 14.1 Å². The van der Waals surface area contributed by atoms with Crippen molar-refractivity contribution in [1.29, 1.82) is 0 Å². The molecular weight excluding hydrogens is 240 g/mol. The van der Waals surface area contributed by atoms with Crippen molar-refractivity contribution in [1.82, 2.24) is 0 Å². The fourth-order valence-corrected chi connectivity index (χ4v) is 5.52. The average Bonchev–Trinajstić information content (AvgIpc) is 2.36. The lowest BCUT2D eigenvalue weighted by Gasteiger charge is -2.45. The highest BCUT2D eigenvalue weighted by molar-refractivity contribution is 6.69. The minimum absolute atomic E-state index is 0.164. The molecule has 18 heavy (non-hydrogen) atoms. The molecule has 2 rings (SSSR count). The van der Waals surface area contributed by atoms with E-state index in [1.165, 1.54) is 6.42 Å². The van der Waals surface area contributed by atoms with E-state index < -0.39 is 8.32 Å². The van der Waals surface area contributed by atoms with Crippen LogP contribution in [0.15, 0.2) is 0 Å². The van der Waals surface area contributed by atoms with Crippen molar-refractivity contribution in [2.24, 2.45) is 16.7 Å². The highest BCUT2D eigenvalue weighted by Crippen LogP contribution is 2.56. The second kappa shape index (κ2) is 4.17. The molecule has 2 fully saturated rings. The zero-order valence-corrected chi connectivity index (χ0v) is 13.8. The molecule has 0 heterocycles. The Morgan fingerprint density at radius 2 is 1.83 bits per heavy atom. The summed E-state index contributed by atoms with van der Waals surface area (Å²) in [7, 11) is -1.55. The van der Waals surface area contributed by atoms with Gasteiger partial charge in [0.15, 0.2) is 8.32 Å². The van der Waals surface area contributed by atoms with Crippen molar-refractivity contribution in [2.75, 3.05) is 0 Å². The maximum atomic E-state index is 12.5. The van der Waals surface area contributed by atoms with Gasteiger partial charge in [-0.05, 0) is 49.7 Å². The van der Waals surface area contributed by atoms with Gasteiger partial charge in [0.25, 0.3) is 0 Å². The quantitative estimate of drug-likeness (QED) is 0.707. The molecule has 0 aromatic carbocycles. The Bertz CT molecular complexity index is 356. The van der Waals surface area contributed by atoms with E-state index in [1.54, 1.807) is 0 Å². The lowest BCUT2D eigenvalue weighted by Crippen LogP contribution is -2.47. The summed E-state index contributed by atoms with van der Waals surface area (Å²) in [6.45, 7) is 13.4. The van der Waals surface area contributed by atoms with Crippen LogP contribution < -0.4 is 0 Å². The fraction of sp³-hybridized carbons (Fsp3) is 0.933. The van der Waals surface area contributed by atoms with Crippen LogP contribution in [-0.2, 0) is 9.22 Å². The Kier molecular flexibility index (Phi) is 3.30. The zero-order valence-electron chi connectivity index (χ0n) is 12.8. The monoisotopic (exact) mass is 268 g/mol. The first kappa shape index (κ1) is 14.3. The van der Waals surface area contributed by atoms with Gasteiger partial charge in [0, 0.05) is 12.3 Å². The Labute approximate surface area is 113 Å². The molecular formula is C15H28O2Si. The molecule has 3 atom stereocenters. The summed E-state index contributed by atoms with van der Waals surface area (Å²) >= 11 is 0. The molecule has 2 aliphatic carbocycles. The van der Waals surface area contributed by atoms with Gasteiger partial charge in [-0.3, -0.25) is 4.79 Å². The molecule has 0 saturated heterocycles. The molecule has 2 nitrogen and oxygen atoms in total. The molecule has 0 bridgehead atoms. The van der Waals surface area contributed by atoms with Crippen LogP contribution in [0.1, 0.15) is 46.5 Å². The van der Waals surface area contributed by atoms with Crippen LogP contribution in [-0.4, -0.2) is 20.2 Å². The van der Waals surface area contributed by atoms with Gasteiger partial charge in [-0.2, -0.15) is 0 Å². The van der Waals surface area contributed by atoms with E-state index in [2.05, 4.69) is 40.4 Å². The molecule has 0 N–H and O–H groups in total. The van der Waals surface area contributed by atoms with Crippen molar-refractivity contribution in [3.05, 3.63) is 0 Å². The van der Waals surface area contributed by atoms with E-state index in [-0.39, 0.29) is 22.9 Å². The van der Waals surface area contributed by atoms with Crippen LogP contribution in [0.25, 0.3) is 0 Å². The molecule has 0 spiro atoms. The van der Waals surface area contributed by atoms with Crippen LogP contribution in [0, 0.1) is 16.7 Å². The van der Waals surface area contributed by atoms with Crippen LogP contribution in [0.2, 0.25) is 19.6 Å². The second-order valence-corrected chi connectivity index (χ2v) is 12.9. The summed E-state index contributed by atoms with van der Waals surface area (Å²) in [5.41, 5.74) is 0.361. The van der Waals surface area contributed by atoms with Gasteiger partial charge in [-0.25, -0.2) is 0 Å². The topological polar surface area (TPSA) is 26.3 Å². The number of Topliss-reactive ketones (excluding diaryl/α,β-unsaturated/α-hetero) is 1. The van der Waals surface area contributed by atoms with Crippen molar-refractivity contribution in [2.45, 2.75) is 72.2 Å². The molecule has 0 amide bonds. The summed E-state index contributed by atoms with van der Waals surface area (Å²) in [4.78, 5) is 12.5. The molecule has 0 aromatic heterocycles. The van der Waals surface area contributed by atoms with E-state index in [1.807, 2.05) is 0 Å². The maximum absolute atomic E-state index is 12.5. The first-order valence-corrected chi connectivity index (χ1v) is 10.6. The first-order chi connectivity index (χ1) is 8.03. The number of fused-ring (bicyclic) bond motifs is 1. The predicted octanol–water partition coefficient (Wildman–Crippen LogP) is 4.01. The van der Waals surface area contributed by atoms with E-state index in [0.717, 1.165) is 19.3 Å². The summed E-state index contributed by atoms with van der Waals surface area (Å²) in [6, 6.07) is 0. The highest BCUT2D eigenvalue weighted by Gasteiger charge is 2.55. The van der Waals surface area contributed by atoms with Gasteiger partial charge < -0.3 is 4.43 Å². The minimum atomic E-state index is -1.55. The van der Waals surface area contributed by atoms with Crippen LogP contribution in [0.3, 0.4) is 0 Å². The lowest BCUT2D eigenvalue weighted by molar-refractivity contribution is -0.137. The largest absolute Gasteiger partial charge is 0.414 e. The lowest BCUT2D eigenvalue weighted by atomic mass is 9.59. The number of hydrogen-bond donors (Lipinski definition) is 0. The molecule has 2 aliphatic rings. The molecule has 0 aromatic rings. The zero-order chi connectivity index (χ0) is 13.8. The van der Waals surface area contributed by atoms with E-state index in [9.17, 15) is 4.79 Å². The van der Waals surface area contributed by atoms with Crippen molar-refractivity contribution in [3.63, 3.8) is 0 Å². The van der Waals surface area contributed by atoms with Crippen LogP contribution in [0.5, 0.6) is 0 Å². The number of ketones is 1. The first-order valence-electron chi connectivity index (χ1n) is 7.23. The predicted molar refractivity (Wildman–Crippen MR) is 77.1 cm³/mol. The number of carbonyl (C=O) groups is 1. The maximum Gasteiger partial charge on any atom is 0.184 e. The highest BCUT2D eigenvalue weighted by atomic mass is 28.4. The number of hydrogen-bond acceptors (Lipinski definition) is 2. The SMILES string of the molecule is CC1(C)CC(=O)[C@@H]2C(O[Si](C)(C)C)CC[C@]2(C)C1. The van der Waals surface area contributed by atoms with E-state index in [0.29, 0.717) is 5.78 Å². The summed E-state index contributed by atoms with van der Waals surface area (Å²) in [5, 5.41) is 0. The third kappa shape index (κ3) is 2.72. The Morgan fingerprint density at radius 3 is 2.39 bits per heavy atom. The Morgan fingerprint density at radius 1 is 1.22 bits per heavy atom. The van der Waals surface area contributed by atoms with Gasteiger partial charge in [0.1, 0.15) is 5.78 Å². The fourth-order valence-electron chi connectivity index (χ4n) is 4.36. The van der Waals surface area contributed by atoms with Gasteiger partial charge in [-0.1, -0.05) is 20.8 Å². The third-order valence-electron chi connectivity index (χ3n) is 4.51. The normalized spacial score (nSPS) is 39.8. The molecule has 0 radical (unpaired) electrons. The smallest absolute Gasteiger partial charge is 0.184 e.